The standard InChI is InChI=1S/C10H16O/c1-7(11)6-10(8-2-3-8)9-4-5-9/h6-9,11H,2-5H2,1H3. The predicted octanol–water partition coefficient (Wildman–Crippen LogP) is 2.11. The number of hydrogen-bond donors (Lipinski definition) is 1. The van der Waals surface area contributed by atoms with Crippen LogP contribution in [0, 0.1) is 11.8 Å². The number of aliphatic hydroxyl groups is 1. The summed E-state index contributed by atoms with van der Waals surface area (Å²) in [6.07, 6.45) is 7.33. The first kappa shape index (κ1) is 7.35. The third-order valence-corrected chi connectivity index (χ3v) is 2.53. The van der Waals surface area contributed by atoms with E-state index in [2.05, 4.69) is 6.08 Å². The highest BCUT2D eigenvalue weighted by atomic mass is 16.3. The molecule has 0 spiro atoms. The topological polar surface area (TPSA) is 20.2 Å². The molecule has 0 aromatic carbocycles. The summed E-state index contributed by atoms with van der Waals surface area (Å²) in [6, 6.07) is 0. The molecule has 0 aromatic rings. The van der Waals surface area contributed by atoms with E-state index in [0.717, 1.165) is 11.8 Å². The van der Waals surface area contributed by atoms with E-state index in [9.17, 15) is 5.11 Å². The minimum atomic E-state index is -0.230. The molecule has 11 heavy (non-hydrogen) atoms. The van der Waals surface area contributed by atoms with Gasteiger partial charge in [0.05, 0.1) is 6.10 Å². The molecule has 0 aromatic heterocycles. The van der Waals surface area contributed by atoms with Gasteiger partial charge < -0.3 is 5.11 Å². The number of rotatable bonds is 3. The van der Waals surface area contributed by atoms with Gasteiger partial charge in [0.25, 0.3) is 0 Å². The molecule has 2 aliphatic carbocycles. The molecule has 0 saturated heterocycles. The average molecular weight is 152 g/mol. The number of aliphatic hydroxyl groups excluding tert-OH is 1. The third-order valence-electron chi connectivity index (χ3n) is 2.53. The minimum absolute atomic E-state index is 0.230. The first-order valence-electron chi connectivity index (χ1n) is 4.67. The van der Waals surface area contributed by atoms with Gasteiger partial charge in [0.2, 0.25) is 0 Å². The van der Waals surface area contributed by atoms with Crippen molar-refractivity contribution < 1.29 is 5.11 Å². The highest BCUT2D eigenvalue weighted by molar-refractivity contribution is 5.21. The van der Waals surface area contributed by atoms with Crippen molar-refractivity contribution in [3.05, 3.63) is 11.6 Å². The molecule has 1 unspecified atom stereocenters. The van der Waals surface area contributed by atoms with Gasteiger partial charge in [-0.15, -0.1) is 0 Å². The van der Waals surface area contributed by atoms with E-state index in [4.69, 9.17) is 0 Å². The van der Waals surface area contributed by atoms with Crippen LogP contribution in [0.2, 0.25) is 0 Å². The third kappa shape index (κ3) is 1.84. The molecule has 0 aliphatic heterocycles. The van der Waals surface area contributed by atoms with Crippen LogP contribution in [0.3, 0.4) is 0 Å². The smallest absolute Gasteiger partial charge is 0.0695 e. The van der Waals surface area contributed by atoms with E-state index in [-0.39, 0.29) is 6.10 Å². The van der Waals surface area contributed by atoms with Gasteiger partial charge in [-0.1, -0.05) is 11.6 Å². The molecule has 0 heterocycles. The van der Waals surface area contributed by atoms with E-state index < -0.39 is 0 Å². The minimum Gasteiger partial charge on any atom is -0.389 e. The zero-order valence-corrected chi connectivity index (χ0v) is 7.09. The normalized spacial score (nSPS) is 26.4. The van der Waals surface area contributed by atoms with Crippen molar-refractivity contribution in [2.45, 2.75) is 38.7 Å². The molecular weight excluding hydrogens is 136 g/mol. The molecule has 0 radical (unpaired) electrons. The van der Waals surface area contributed by atoms with Crippen molar-refractivity contribution in [2.24, 2.45) is 11.8 Å². The van der Waals surface area contributed by atoms with Gasteiger partial charge in [0, 0.05) is 0 Å². The molecule has 62 valence electrons. The quantitative estimate of drug-likeness (QED) is 0.614. The molecule has 1 nitrogen and oxygen atoms in total. The predicted molar refractivity (Wildman–Crippen MR) is 45.2 cm³/mol. The Kier molecular flexibility index (Phi) is 1.76. The lowest BCUT2D eigenvalue weighted by Gasteiger charge is -2.04. The highest BCUT2D eigenvalue weighted by Gasteiger charge is 2.36. The lowest BCUT2D eigenvalue weighted by atomic mass is 10.0. The van der Waals surface area contributed by atoms with Gasteiger partial charge in [-0.2, -0.15) is 0 Å². The maximum absolute atomic E-state index is 9.20. The Bertz CT molecular complexity index is 159. The Balaban J connectivity index is 2.01. The molecule has 1 heteroatoms. The van der Waals surface area contributed by atoms with Crippen LogP contribution in [-0.2, 0) is 0 Å². The van der Waals surface area contributed by atoms with Crippen molar-refractivity contribution in [1.29, 1.82) is 0 Å². The van der Waals surface area contributed by atoms with Gasteiger partial charge in [-0.05, 0) is 44.4 Å². The summed E-state index contributed by atoms with van der Waals surface area (Å²) in [6.45, 7) is 1.85. The number of hydrogen-bond acceptors (Lipinski definition) is 1. The van der Waals surface area contributed by atoms with E-state index >= 15 is 0 Å². The van der Waals surface area contributed by atoms with Gasteiger partial charge in [-0.3, -0.25) is 0 Å². The van der Waals surface area contributed by atoms with Crippen LogP contribution in [0.5, 0.6) is 0 Å². The summed E-state index contributed by atoms with van der Waals surface area (Å²) in [4.78, 5) is 0. The van der Waals surface area contributed by atoms with Crippen LogP contribution in [0.4, 0.5) is 0 Å². The van der Waals surface area contributed by atoms with Gasteiger partial charge in [0.1, 0.15) is 0 Å². The van der Waals surface area contributed by atoms with Crippen LogP contribution in [0.15, 0.2) is 11.6 Å². The molecule has 0 amide bonds. The largest absolute Gasteiger partial charge is 0.389 e. The molecule has 2 aliphatic rings. The summed E-state index contributed by atoms with van der Waals surface area (Å²) >= 11 is 0. The first-order chi connectivity index (χ1) is 5.27. The lowest BCUT2D eigenvalue weighted by molar-refractivity contribution is 0.242. The van der Waals surface area contributed by atoms with E-state index in [0.29, 0.717) is 0 Å². The van der Waals surface area contributed by atoms with Crippen LogP contribution >= 0.6 is 0 Å². The van der Waals surface area contributed by atoms with Crippen molar-refractivity contribution in [3.8, 4) is 0 Å². The summed E-state index contributed by atoms with van der Waals surface area (Å²) in [5.41, 5.74) is 1.57. The Hall–Kier alpha value is -0.300. The summed E-state index contributed by atoms with van der Waals surface area (Å²) < 4.78 is 0. The second kappa shape index (κ2) is 2.63. The molecule has 2 rings (SSSR count). The second-order valence-electron chi connectivity index (χ2n) is 3.96. The molecule has 2 saturated carbocycles. The van der Waals surface area contributed by atoms with Gasteiger partial charge in [0.15, 0.2) is 0 Å². The summed E-state index contributed by atoms with van der Waals surface area (Å²) in [5, 5.41) is 9.20. The molecule has 1 atom stereocenters. The van der Waals surface area contributed by atoms with E-state index in [1.807, 2.05) is 6.92 Å². The SMILES string of the molecule is CC(O)C=C(C1CC1)C1CC1. The fourth-order valence-electron chi connectivity index (χ4n) is 1.72. The van der Waals surface area contributed by atoms with Crippen molar-refractivity contribution >= 4 is 0 Å². The fourth-order valence-corrected chi connectivity index (χ4v) is 1.72. The van der Waals surface area contributed by atoms with Gasteiger partial charge >= 0.3 is 0 Å². The zero-order chi connectivity index (χ0) is 7.84. The van der Waals surface area contributed by atoms with Crippen LogP contribution < -0.4 is 0 Å². The zero-order valence-electron chi connectivity index (χ0n) is 7.09. The van der Waals surface area contributed by atoms with Gasteiger partial charge in [-0.25, -0.2) is 0 Å². The molecule has 0 bridgehead atoms. The number of allylic oxidation sites excluding steroid dienone is 1. The van der Waals surface area contributed by atoms with Crippen molar-refractivity contribution in [3.63, 3.8) is 0 Å². The summed E-state index contributed by atoms with van der Waals surface area (Å²) in [5.74, 6) is 1.72. The Labute approximate surface area is 68.1 Å². The van der Waals surface area contributed by atoms with Crippen LogP contribution in [0.25, 0.3) is 0 Å². The van der Waals surface area contributed by atoms with Crippen LogP contribution in [0.1, 0.15) is 32.6 Å². The lowest BCUT2D eigenvalue weighted by Crippen LogP contribution is -1.99. The first-order valence-corrected chi connectivity index (χ1v) is 4.67. The Morgan fingerprint density at radius 1 is 1.27 bits per heavy atom. The van der Waals surface area contributed by atoms with Crippen LogP contribution in [-0.4, -0.2) is 11.2 Å². The molecular formula is C10H16O. The molecule has 2 fully saturated rings. The molecule has 1 N–H and O–H groups in total. The maximum atomic E-state index is 9.20. The van der Waals surface area contributed by atoms with Crippen molar-refractivity contribution in [1.82, 2.24) is 0 Å². The average Bonchev–Trinajstić information content (AvgIpc) is 2.79. The Morgan fingerprint density at radius 2 is 1.73 bits per heavy atom. The Morgan fingerprint density at radius 3 is 2.00 bits per heavy atom. The highest BCUT2D eigenvalue weighted by Crippen LogP contribution is 2.48. The maximum Gasteiger partial charge on any atom is 0.0695 e. The van der Waals surface area contributed by atoms with E-state index in [1.165, 1.54) is 25.7 Å². The second-order valence-corrected chi connectivity index (χ2v) is 3.96. The monoisotopic (exact) mass is 152 g/mol. The van der Waals surface area contributed by atoms with E-state index in [1.54, 1.807) is 5.57 Å². The summed E-state index contributed by atoms with van der Waals surface area (Å²) in [7, 11) is 0. The van der Waals surface area contributed by atoms with Crippen molar-refractivity contribution in [2.75, 3.05) is 0 Å². The fraction of sp³-hybridized carbons (Fsp3) is 0.800.